The third-order valence-electron chi connectivity index (χ3n) is 4.31. The van der Waals surface area contributed by atoms with Gasteiger partial charge in [0.15, 0.2) is 11.5 Å². The standard InChI is InChI=1S/C25H26O8/c1-4-23(26)32-16-6-5-15-31-20-11-9-19(10-12-20)25(28)33-21-13-7-18(17-22(21)29-2)8-14-24(27)30-3/h4,7-14,17H,1,5-6,15-16H2,2-3H3/b14-8+. The van der Waals surface area contributed by atoms with Crippen LogP contribution in [0.2, 0.25) is 0 Å². The van der Waals surface area contributed by atoms with Gasteiger partial charge in [0.25, 0.3) is 0 Å². The van der Waals surface area contributed by atoms with Gasteiger partial charge in [0.2, 0.25) is 0 Å². The lowest BCUT2D eigenvalue weighted by Gasteiger charge is -2.11. The summed E-state index contributed by atoms with van der Waals surface area (Å²) in [6.07, 6.45) is 5.34. The summed E-state index contributed by atoms with van der Waals surface area (Å²) in [6, 6.07) is 11.4. The summed E-state index contributed by atoms with van der Waals surface area (Å²) in [5.74, 6) is -0.284. The molecule has 0 saturated carbocycles. The maximum absolute atomic E-state index is 12.5. The molecule has 0 spiro atoms. The topological polar surface area (TPSA) is 97.4 Å². The molecule has 0 atom stereocenters. The van der Waals surface area contributed by atoms with Crippen LogP contribution in [0.1, 0.15) is 28.8 Å². The Morgan fingerprint density at radius 1 is 0.909 bits per heavy atom. The molecule has 174 valence electrons. The lowest BCUT2D eigenvalue weighted by atomic mass is 10.2. The van der Waals surface area contributed by atoms with Gasteiger partial charge >= 0.3 is 17.9 Å². The smallest absolute Gasteiger partial charge is 0.343 e. The summed E-state index contributed by atoms with van der Waals surface area (Å²) < 4.78 is 25.8. The van der Waals surface area contributed by atoms with Gasteiger partial charge < -0.3 is 23.7 Å². The molecule has 8 heteroatoms. The maximum Gasteiger partial charge on any atom is 0.343 e. The molecule has 0 amide bonds. The van der Waals surface area contributed by atoms with Crippen molar-refractivity contribution in [3.05, 3.63) is 72.3 Å². The van der Waals surface area contributed by atoms with E-state index in [1.54, 1.807) is 48.5 Å². The van der Waals surface area contributed by atoms with Crippen molar-refractivity contribution >= 4 is 24.0 Å². The maximum atomic E-state index is 12.5. The number of carbonyl (C=O) groups excluding carboxylic acids is 3. The van der Waals surface area contributed by atoms with Crippen LogP contribution in [0.5, 0.6) is 17.2 Å². The van der Waals surface area contributed by atoms with Gasteiger partial charge in [-0.15, -0.1) is 0 Å². The van der Waals surface area contributed by atoms with Crippen molar-refractivity contribution in [2.45, 2.75) is 12.8 Å². The Balaban J connectivity index is 1.88. The van der Waals surface area contributed by atoms with Crippen molar-refractivity contribution in [3.63, 3.8) is 0 Å². The van der Waals surface area contributed by atoms with Crippen LogP contribution in [-0.4, -0.2) is 45.3 Å². The van der Waals surface area contributed by atoms with Crippen LogP contribution in [0.3, 0.4) is 0 Å². The molecule has 0 radical (unpaired) electrons. The van der Waals surface area contributed by atoms with Crippen LogP contribution in [0.15, 0.2) is 61.2 Å². The Labute approximate surface area is 192 Å². The zero-order chi connectivity index (χ0) is 24.1. The number of methoxy groups -OCH3 is 2. The average molecular weight is 454 g/mol. The number of rotatable bonds is 12. The van der Waals surface area contributed by atoms with Crippen LogP contribution in [0.25, 0.3) is 6.08 Å². The quantitative estimate of drug-likeness (QED) is 0.206. The molecule has 8 nitrogen and oxygen atoms in total. The molecule has 0 aromatic heterocycles. The van der Waals surface area contributed by atoms with Gasteiger partial charge in [0.05, 0.1) is 33.0 Å². The number of hydrogen-bond acceptors (Lipinski definition) is 8. The molecule has 0 aliphatic carbocycles. The van der Waals surface area contributed by atoms with Crippen molar-refractivity contribution in [1.29, 1.82) is 0 Å². The SMILES string of the molecule is C=CC(=O)OCCCCOc1ccc(C(=O)Oc2ccc(/C=C/C(=O)OC)cc2OC)cc1. The van der Waals surface area contributed by atoms with E-state index in [-0.39, 0.29) is 5.75 Å². The fourth-order valence-corrected chi connectivity index (χ4v) is 2.58. The van der Waals surface area contributed by atoms with Crippen molar-refractivity contribution in [2.75, 3.05) is 27.4 Å². The normalized spacial score (nSPS) is 10.4. The van der Waals surface area contributed by atoms with Gasteiger partial charge in [0.1, 0.15) is 5.75 Å². The van der Waals surface area contributed by atoms with Crippen LogP contribution < -0.4 is 14.2 Å². The minimum atomic E-state index is -0.554. The van der Waals surface area contributed by atoms with E-state index in [0.717, 1.165) is 6.08 Å². The number of esters is 3. The van der Waals surface area contributed by atoms with E-state index >= 15 is 0 Å². The molecule has 2 rings (SSSR count). The monoisotopic (exact) mass is 454 g/mol. The minimum absolute atomic E-state index is 0.246. The number of benzene rings is 2. The summed E-state index contributed by atoms with van der Waals surface area (Å²) in [7, 11) is 2.75. The predicted molar refractivity (Wildman–Crippen MR) is 121 cm³/mol. The number of carbonyl (C=O) groups is 3. The van der Waals surface area contributed by atoms with E-state index in [1.807, 2.05) is 0 Å². The van der Waals surface area contributed by atoms with Gasteiger partial charge in [-0.25, -0.2) is 14.4 Å². The molecule has 0 saturated heterocycles. The van der Waals surface area contributed by atoms with Gasteiger partial charge in [-0.1, -0.05) is 12.6 Å². The molecule has 0 fully saturated rings. The molecular formula is C25H26O8. The first-order chi connectivity index (χ1) is 16.0. The Morgan fingerprint density at radius 2 is 1.64 bits per heavy atom. The highest BCUT2D eigenvalue weighted by Crippen LogP contribution is 2.29. The summed E-state index contributed by atoms with van der Waals surface area (Å²) >= 11 is 0. The number of unbranched alkanes of at least 4 members (excludes halogenated alkanes) is 1. The Kier molecular flexibility index (Phi) is 10.2. The van der Waals surface area contributed by atoms with Crippen molar-refractivity contribution < 1.29 is 38.1 Å². The summed E-state index contributed by atoms with van der Waals surface area (Å²) in [6.45, 7) is 4.09. The van der Waals surface area contributed by atoms with Crippen molar-refractivity contribution in [2.24, 2.45) is 0 Å². The van der Waals surface area contributed by atoms with Gasteiger partial charge in [-0.05, 0) is 60.9 Å². The van der Waals surface area contributed by atoms with Gasteiger partial charge in [0, 0.05) is 12.2 Å². The van der Waals surface area contributed by atoms with Crippen LogP contribution in [-0.2, 0) is 19.1 Å². The Hall–Kier alpha value is -4.07. The molecule has 2 aromatic carbocycles. The Morgan fingerprint density at radius 3 is 2.30 bits per heavy atom. The van der Waals surface area contributed by atoms with Crippen molar-refractivity contribution in [3.8, 4) is 17.2 Å². The zero-order valence-electron chi connectivity index (χ0n) is 18.6. The molecule has 33 heavy (non-hydrogen) atoms. The summed E-state index contributed by atoms with van der Waals surface area (Å²) in [5, 5.41) is 0. The summed E-state index contributed by atoms with van der Waals surface area (Å²) in [5.41, 5.74) is 1.02. The second-order valence-corrected chi connectivity index (χ2v) is 6.61. The highest BCUT2D eigenvalue weighted by Gasteiger charge is 2.13. The van der Waals surface area contributed by atoms with Crippen LogP contribution in [0, 0.1) is 0 Å². The Bertz CT molecular complexity index is 992. The van der Waals surface area contributed by atoms with E-state index in [2.05, 4.69) is 11.3 Å². The highest BCUT2D eigenvalue weighted by molar-refractivity contribution is 5.91. The van der Waals surface area contributed by atoms with E-state index in [9.17, 15) is 14.4 Å². The molecule has 2 aromatic rings. The third-order valence-corrected chi connectivity index (χ3v) is 4.31. The fourth-order valence-electron chi connectivity index (χ4n) is 2.58. The molecule has 0 unspecified atom stereocenters. The largest absolute Gasteiger partial charge is 0.494 e. The van der Waals surface area contributed by atoms with E-state index < -0.39 is 17.9 Å². The van der Waals surface area contributed by atoms with Gasteiger partial charge in [-0.2, -0.15) is 0 Å². The predicted octanol–water partition coefficient (Wildman–Crippen LogP) is 3.99. The molecule has 0 aliphatic heterocycles. The lowest BCUT2D eigenvalue weighted by molar-refractivity contribution is -0.138. The number of ether oxygens (including phenoxy) is 5. The highest BCUT2D eigenvalue weighted by atomic mass is 16.6. The molecule has 0 aliphatic rings. The second-order valence-electron chi connectivity index (χ2n) is 6.61. The van der Waals surface area contributed by atoms with E-state index in [4.69, 9.17) is 18.9 Å². The van der Waals surface area contributed by atoms with Gasteiger partial charge in [-0.3, -0.25) is 0 Å². The molecule has 0 N–H and O–H groups in total. The number of hydrogen-bond donors (Lipinski definition) is 0. The van der Waals surface area contributed by atoms with Crippen molar-refractivity contribution in [1.82, 2.24) is 0 Å². The minimum Gasteiger partial charge on any atom is -0.494 e. The molecule has 0 heterocycles. The third kappa shape index (κ3) is 8.53. The molecule has 0 bridgehead atoms. The first-order valence-corrected chi connectivity index (χ1v) is 10.1. The first kappa shape index (κ1) is 25.2. The lowest BCUT2D eigenvalue weighted by Crippen LogP contribution is -2.09. The van der Waals surface area contributed by atoms with Crippen LogP contribution >= 0.6 is 0 Å². The van der Waals surface area contributed by atoms with E-state index in [0.29, 0.717) is 48.7 Å². The van der Waals surface area contributed by atoms with E-state index in [1.165, 1.54) is 20.3 Å². The summed E-state index contributed by atoms with van der Waals surface area (Å²) in [4.78, 5) is 34.7. The first-order valence-electron chi connectivity index (χ1n) is 10.1. The van der Waals surface area contributed by atoms with Crippen LogP contribution in [0.4, 0.5) is 0 Å². The fraction of sp³-hybridized carbons (Fsp3) is 0.240. The molecular weight excluding hydrogens is 428 g/mol. The average Bonchev–Trinajstić information content (AvgIpc) is 2.85. The zero-order valence-corrected chi connectivity index (χ0v) is 18.6. The second kappa shape index (κ2) is 13.4.